The van der Waals surface area contributed by atoms with Crippen LogP contribution in [0.4, 0.5) is 0 Å². The van der Waals surface area contributed by atoms with Gasteiger partial charge in [0.05, 0.1) is 0 Å². The number of hydrogen-bond donors (Lipinski definition) is 2. The first kappa shape index (κ1) is 11.5. The number of nitrogens with zero attached hydrogens (tertiary/aromatic N) is 2. The third-order valence-corrected chi connectivity index (χ3v) is 3.34. The molecule has 4 nitrogen and oxygen atoms in total. The summed E-state index contributed by atoms with van der Waals surface area (Å²) in [7, 11) is 0. The molecule has 4 heteroatoms. The third kappa shape index (κ3) is 1.78. The molecule has 0 amide bonds. The molecule has 0 saturated carbocycles. The van der Waals surface area contributed by atoms with Crippen LogP contribution in [0.2, 0.25) is 0 Å². The van der Waals surface area contributed by atoms with E-state index in [4.69, 9.17) is 5.21 Å². The Morgan fingerprint density at radius 1 is 0.737 bits per heavy atom. The van der Waals surface area contributed by atoms with Crippen LogP contribution in [0, 0.1) is 0 Å². The molecule has 3 rings (SSSR count). The zero-order chi connectivity index (χ0) is 13.2. The van der Waals surface area contributed by atoms with Gasteiger partial charge in [-0.25, -0.2) is 0 Å². The number of rotatable bonds is 0. The molecule has 0 radical (unpaired) electrons. The highest BCUT2D eigenvalue weighted by Gasteiger charge is 2.23. The minimum absolute atomic E-state index is 0.314. The van der Waals surface area contributed by atoms with Gasteiger partial charge in [-0.2, -0.15) is 0 Å². The second-order valence-corrected chi connectivity index (χ2v) is 4.37. The zero-order valence-corrected chi connectivity index (χ0v) is 10.1. The van der Waals surface area contributed by atoms with E-state index in [1.807, 2.05) is 48.5 Å². The standard InChI is InChI=1S/C15H12N2O2/c18-16-14-9-10-5-1-2-6-11(10)12-7-3-4-8-13(12)15(14)17-19/h1-8,18-19H,9H2. The van der Waals surface area contributed by atoms with Crippen LogP contribution in [-0.4, -0.2) is 21.8 Å². The first-order valence-electron chi connectivity index (χ1n) is 5.96. The monoisotopic (exact) mass is 252 g/mol. The molecule has 94 valence electrons. The van der Waals surface area contributed by atoms with Gasteiger partial charge in [0.15, 0.2) is 0 Å². The van der Waals surface area contributed by atoms with Gasteiger partial charge in [0.25, 0.3) is 0 Å². The van der Waals surface area contributed by atoms with Crippen LogP contribution in [-0.2, 0) is 6.42 Å². The Labute approximate surface area is 110 Å². The molecule has 0 saturated heterocycles. The number of fused-ring (bicyclic) bond motifs is 3. The molecule has 1 aliphatic rings. The second kappa shape index (κ2) is 4.57. The Balaban J connectivity index is 2.37. The SMILES string of the molecule is ON=C1Cc2ccccc2-c2ccccc2C1=NO. The minimum Gasteiger partial charge on any atom is -0.411 e. The van der Waals surface area contributed by atoms with Crippen LogP contribution in [0.1, 0.15) is 11.1 Å². The molecule has 0 aromatic heterocycles. The quantitative estimate of drug-likeness (QED) is 0.559. The van der Waals surface area contributed by atoms with E-state index in [0.717, 1.165) is 22.3 Å². The molecule has 0 bridgehead atoms. The first-order chi connectivity index (χ1) is 9.35. The van der Waals surface area contributed by atoms with E-state index < -0.39 is 0 Å². The molecule has 2 aromatic rings. The van der Waals surface area contributed by atoms with Crippen molar-refractivity contribution in [1.29, 1.82) is 0 Å². The lowest BCUT2D eigenvalue weighted by molar-refractivity contribution is 0.313. The summed E-state index contributed by atoms with van der Waals surface area (Å²) in [6.07, 6.45) is 0.431. The van der Waals surface area contributed by atoms with Gasteiger partial charge >= 0.3 is 0 Å². The summed E-state index contributed by atoms with van der Waals surface area (Å²) in [4.78, 5) is 0. The van der Waals surface area contributed by atoms with E-state index in [1.165, 1.54) is 0 Å². The Hall–Kier alpha value is -2.62. The van der Waals surface area contributed by atoms with E-state index in [1.54, 1.807) is 0 Å². The van der Waals surface area contributed by atoms with Gasteiger partial charge in [-0.05, 0) is 16.7 Å². The fourth-order valence-corrected chi connectivity index (χ4v) is 2.48. The molecule has 1 aliphatic carbocycles. The number of hydrogen-bond acceptors (Lipinski definition) is 4. The van der Waals surface area contributed by atoms with E-state index in [9.17, 15) is 5.21 Å². The maximum Gasteiger partial charge on any atom is 0.135 e. The van der Waals surface area contributed by atoms with Crippen molar-refractivity contribution < 1.29 is 10.4 Å². The molecule has 0 unspecified atom stereocenters. The summed E-state index contributed by atoms with van der Waals surface area (Å²) >= 11 is 0. The van der Waals surface area contributed by atoms with E-state index in [-0.39, 0.29) is 0 Å². The lowest BCUT2D eigenvalue weighted by atomic mass is 9.96. The Kier molecular flexibility index (Phi) is 2.76. The van der Waals surface area contributed by atoms with Crippen molar-refractivity contribution in [2.24, 2.45) is 10.3 Å². The topological polar surface area (TPSA) is 65.2 Å². The van der Waals surface area contributed by atoms with Crippen LogP contribution >= 0.6 is 0 Å². The second-order valence-electron chi connectivity index (χ2n) is 4.37. The average molecular weight is 252 g/mol. The van der Waals surface area contributed by atoms with Crippen molar-refractivity contribution >= 4 is 11.4 Å². The van der Waals surface area contributed by atoms with E-state index in [0.29, 0.717) is 17.8 Å². The first-order valence-corrected chi connectivity index (χ1v) is 5.96. The van der Waals surface area contributed by atoms with Gasteiger partial charge in [-0.15, -0.1) is 0 Å². The highest BCUT2D eigenvalue weighted by Crippen LogP contribution is 2.31. The molecule has 0 heterocycles. The predicted octanol–water partition coefficient (Wildman–Crippen LogP) is 2.92. The zero-order valence-electron chi connectivity index (χ0n) is 10.1. The lowest BCUT2D eigenvalue weighted by Gasteiger charge is -2.07. The summed E-state index contributed by atoms with van der Waals surface area (Å²) in [5.41, 5.74) is 4.53. The van der Waals surface area contributed by atoms with Crippen LogP contribution in [0.3, 0.4) is 0 Å². The van der Waals surface area contributed by atoms with Gasteiger partial charge in [0, 0.05) is 12.0 Å². The van der Waals surface area contributed by atoms with Gasteiger partial charge < -0.3 is 10.4 Å². The predicted molar refractivity (Wildman–Crippen MR) is 73.1 cm³/mol. The molecular formula is C15H12N2O2. The Bertz CT molecular complexity index is 690. The van der Waals surface area contributed by atoms with Crippen molar-refractivity contribution in [3.8, 4) is 11.1 Å². The normalized spacial score (nSPS) is 17.9. The molecule has 2 N–H and O–H groups in total. The molecular weight excluding hydrogens is 240 g/mol. The van der Waals surface area contributed by atoms with Gasteiger partial charge in [0.2, 0.25) is 0 Å². The molecule has 0 aliphatic heterocycles. The van der Waals surface area contributed by atoms with Crippen molar-refractivity contribution in [3.05, 3.63) is 59.7 Å². The summed E-state index contributed by atoms with van der Waals surface area (Å²) in [6, 6.07) is 15.5. The Morgan fingerprint density at radius 3 is 2.05 bits per heavy atom. The average Bonchev–Trinajstić information content (AvgIpc) is 2.61. The summed E-state index contributed by atoms with van der Waals surface area (Å²) in [5.74, 6) is 0. The summed E-state index contributed by atoms with van der Waals surface area (Å²) in [6.45, 7) is 0. The molecule has 0 spiro atoms. The third-order valence-electron chi connectivity index (χ3n) is 3.34. The fraction of sp³-hybridized carbons (Fsp3) is 0.0667. The van der Waals surface area contributed by atoms with E-state index >= 15 is 0 Å². The maximum atomic E-state index is 9.24. The van der Waals surface area contributed by atoms with Crippen molar-refractivity contribution in [2.45, 2.75) is 6.42 Å². The number of benzene rings is 2. The molecule has 0 fully saturated rings. The fourth-order valence-electron chi connectivity index (χ4n) is 2.48. The van der Waals surface area contributed by atoms with Crippen molar-refractivity contribution in [2.75, 3.05) is 0 Å². The van der Waals surface area contributed by atoms with Crippen molar-refractivity contribution in [3.63, 3.8) is 0 Å². The van der Waals surface area contributed by atoms with Crippen molar-refractivity contribution in [1.82, 2.24) is 0 Å². The minimum atomic E-state index is 0.314. The lowest BCUT2D eigenvalue weighted by Crippen LogP contribution is -2.17. The maximum absolute atomic E-state index is 9.24. The van der Waals surface area contributed by atoms with Gasteiger partial charge in [-0.3, -0.25) is 0 Å². The van der Waals surface area contributed by atoms with Crippen LogP contribution < -0.4 is 0 Å². The largest absolute Gasteiger partial charge is 0.411 e. The van der Waals surface area contributed by atoms with E-state index in [2.05, 4.69) is 10.3 Å². The number of oxime groups is 2. The van der Waals surface area contributed by atoms with Gasteiger partial charge in [-0.1, -0.05) is 58.8 Å². The van der Waals surface area contributed by atoms with Gasteiger partial charge in [0.1, 0.15) is 11.4 Å². The smallest absolute Gasteiger partial charge is 0.135 e. The van der Waals surface area contributed by atoms with Crippen LogP contribution in [0.15, 0.2) is 58.8 Å². The summed E-state index contributed by atoms with van der Waals surface area (Å²) < 4.78 is 0. The molecule has 2 aromatic carbocycles. The Morgan fingerprint density at radius 2 is 1.37 bits per heavy atom. The van der Waals surface area contributed by atoms with Crippen LogP contribution in [0.25, 0.3) is 11.1 Å². The molecule has 0 atom stereocenters. The van der Waals surface area contributed by atoms with Crippen LogP contribution in [0.5, 0.6) is 0 Å². The highest BCUT2D eigenvalue weighted by atomic mass is 16.4. The summed E-state index contributed by atoms with van der Waals surface area (Å²) in [5, 5.41) is 25.0. The highest BCUT2D eigenvalue weighted by molar-refractivity contribution is 6.50. The molecule has 19 heavy (non-hydrogen) atoms.